The molecule has 0 atom stereocenters. The molecule has 22 heavy (non-hydrogen) atoms. The summed E-state index contributed by atoms with van der Waals surface area (Å²) >= 11 is 1.33. The minimum absolute atomic E-state index is 0.459. The topological polar surface area (TPSA) is 86.5 Å². The maximum absolute atomic E-state index is 12.0. The third-order valence-electron chi connectivity index (χ3n) is 2.66. The van der Waals surface area contributed by atoms with Crippen LogP contribution < -0.4 is 15.8 Å². The molecule has 1 aromatic carbocycles. The summed E-state index contributed by atoms with van der Waals surface area (Å²) in [7, 11) is 1.58. The summed E-state index contributed by atoms with van der Waals surface area (Å²) in [6.45, 7) is 5.42. The summed E-state index contributed by atoms with van der Waals surface area (Å²) in [6.07, 6.45) is -0.526. The molecule has 0 radical (unpaired) electrons. The first-order valence-electron chi connectivity index (χ1n) is 6.68. The van der Waals surface area contributed by atoms with E-state index in [1.807, 2.05) is 26.2 Å². The van der Waals surface area contributed by atoms with Gasteiger partial charge in [0.2, 0.25) is 0 Å². The second-order valence-electron chi connectivity index (χ2n) is 5.61. The van der Waals surface area contributed by atoms with Crippen LogP contribution in [-0.2, 0) is 4.74 Å². The van der Waals surface area contributed by atoms with E-state index in [9.17, 15) is 4.79 Å². The largest absolute Gasteiger partial charge is 0.497 e. The van der Waals surface area contributed by atoms with E-state index in [0.29, 0.717) is 22.3 Å². The normalized spacial score (nSPS) is 11.1. The zero-order chi connectivity index (χ0) is 16.3. The minimum Gasteiger partial charge on any atom is -0.497 e. The molecule has 7 heteroatoms. The number of carbonyl (C=O) groups is 1. The highest BCUT2D eigenvalue weighted by Crippen LogP contribution is 2.33. The van der Waals surface area contributed by atoms with Gasteiger partial charge in [0.05, 0.1) is 18.5 Å². The third-order valence-corrected chi connectivity index (χ3v) is 3.33. The van der Waals surface area contributed by atoms with Crippen LogP contribution >= 0.6 is 11.3 Å². The Bertz CT molecular complexity index is 677. The van der Waals surface area contributed by atoms with Crippen LogP contribution in [0.25, 0.3) is 11.3 Å². The van der Waals surface area contributed by atoms with E-state index in [4.69, 9.17) is 15.2 Å². The van der Waals surface area contributed by atoms with Crippen molar-refractivity contribution in [2.45, 2.75) is 26.4 Å². The molecule has 1 amide bonds. The lowest BCUT2D eigenvalue weighted by Gasteiger charge is -2.20. The molecule has 2 aromatic rings. The number of nitrogens with one attached hydrogen (secondary N) is 1. The van der Waals surface area contributed by atoms with Crippen molar-refractivity contribution in [2.75, 3.05) is 18.2 Å². The molecule has 0 aliphatic heterocycles. The van der Waals surface area contributed by atoms with Crippen LogP contribution in [0.1, 0.15) is 20.8 Å². The Morgan fingerprint density at radius 1 is 1.36 bits per heavy atom. The maximum atomic E-state index is 12.0. The predicted molar refractivity (Wildman–Crippen MR) is 88.4 cm³/mol. The van der Waals surface area contributed by atoms with Gasteiger partial charge < -0.3 is 15.2 Å². The Kier molecular flexibility index (Phi) is 4.56. The summed E-state index contributed by atoms with van der Waals surface area (Å²) in [6, 6.07) is 5.29. The molecule has 0 saturated carbocycles. The lowest BCUT2D eigenvalue weighted by Crippen LogP contribution is -2.27. The first kappa shape index (κ1) is 16.1. The van der Waals surface area contributed by atoms with Gasteiger partial charge in [-0.25, -0.2) is 9.78 Å². The molecule has 0 saturated heterocycles. The van der Waals surface area contributed by atoms with Crippen LogP contribution in [0.5, 0.6) is 5.75 Å². The molecule has 0 unspecified atom stereocenters. The average molecular weight is 321 g/mol. The van der Waals surface area contributed by atoms with Crippen molar-refractivity contribution in [2.24, 2.45) is 0 Å². The Labute approximate surface area is 133 Å². The van der Waals surface area contributed by atoms with Crippen molar-refractivity contribution in [3.8, 4) is 17.0 Å². The van der Waals surface area contributed by atoms with Gasteiger partial charge in [-0.15, -0.1) is 11.3 Å². The molecule has 1 aromatic heterocycles. The molecule has 0 fully saturated rings. The highest BCUT2D eigenvalue weighted by atomic mass is 32.1. The Balaban J connectivity index is 2.33. The lowest BCUT2D eigenvalue weighted by molar-refractivity contribution is 0.0636. The van der Waals surface area contributed by atoms with Gasteiger partial charge in [-0.3, -0.25) is 5.32 Å². The first-order chi connectivity index (χ1) is 10.3. The molecular weight excluding hydrogens is 302 g/mol. The molecule has 3 N–H and O–H groups in total. The fourth-order valence-corrected chi connectivity index (χ4v) is 2.36. The molecular formula is C15H19N3O3S. The first-order valence-corrected chi connectivity index (χ1v) is 7.56. The molecule has 2 rings (SSSR count). The summed E-state index contributed by atoms with van der Waals surface area (Å²) < 4.78 is 10.5. The fourth-order valence-electron chi connectivity index (χ4n) is 1.80. The molecule has 118 valence electrons. The van der Waals surface area contributed by atoms with Gasteiger partial charge in [0.25, 0.3) is 0 Å². The molecule has 6 nitrogen and oxygen atoms in total. The number of amides is 1. The number of carbonyl (C=O) groups excluding carboxylic acids is 1. The SMILES string of the molecule is COc1ccc(NC(=O)OC(C)(C)C)c(-c2csc(N)n2)c1. The van der Waals surface area contributed by atoms with Crippen molar-refractivity contribution < 1.29 is 14.3 Å². The zero-order valence-corrected chi connectivity index (χ0v) is 13.8. The minimum atomic E-state index is -0.568. The number of aromatic nitrogens is 1. The lowest BCUT2D eigenvalue weighted by atomic mass is 10.1. The molecule has 0 bridgehead atoms. The van der Waals surface area contributed by atoms with Gasteiger partial charge >= 0.3 is 6.09 Å². The summed E-state index contributed by atoms with van der Waals surface area (Å²) in [5.41, 5.74) is 7.10. The number of rotatable bonds is 3. The van der Waals surface area contributed by atoms with Crippen molar-refractivity contribution in [1.82, 2.24) is 4.98 Å². The van der Waals surface area contributed by atoms with Crippen LogP contribution in [0.3, 0.4) is 0 Å². The highest BCUT2D eigenvalue weighted by molar-refractivity contribution is 7.13. The summed E-state index contributed by atoms with van der Waals surface area (Å²) in [4.78, 5) is 16.2. The number of nitrogens with zero attached hydrogens (tertiary/aromatic N) is 1. The second kappa shape index (κ2) is 6.23. The Morgan fingerprint density at radius 3 is 2.64 bits per heavy atom. The van der Waals surface area contributed by atoms with Gasteiger partial charge in [-0.05, 0) is 39.0 Å². The van der Waals surface area contributed by atoms with Crippen molar-refractivity contribution in [3.05, 3.63) is 23.6 Å². The molecule has 1 heterocycles. The predicted octanol–water partition coefficient (Wildman–Crippen LogP) is 3.75. The second-order valence-corrected chi connectivity index (χ2v) is 6.50. The van der Waals surface area contributed by atoms with Gasteiger partial charge in [0, 0.05) is 10.9 Å². The maximum Gasteiger partial charge on any atom is 0.412 e. The van der Waals surface area contributed by atoms with Gasteiger partial charge in [-0.1, -0.05) is 0 Å². The number of benzene rings is 1. The highest BCUT2D eigenvalue weighted by Gasteiger charge is 2.18. The summed E-state index contributed by atoms with van der Waals surface area (Å²) in [5, 5.41) is 5.02. The number of hydrogen-bond donors (Lipinski definition) is 2. The van der Waals surface area contributed by atoms with Crippen molar-refractivity contribution >= 4 is 28.2 Å². The standard InChI is InChI=1S/C15H19N3O3S/c1-15(2,3)21-14(19)18-11-6-5-9(20-4)7-10(11)12-8-22-13(16)17-12/h5-8H,1-4H3,(H2,16,17)(H,18,19). The van der Waals surface area contributed by atoms with E-state index in [0.717, 1.165) is 5.56 Å². The Hall–Kier alpha value is -2.28. The number of nitrogen functional groups attached to an aromatic ring is 1. The third kappa shape index (κ3) is 4.11. The average Bonchev–Trinajstić information content (AvgIpc) is 2.83. The number of anilines is 2. The van der Waals surface area contributed by atoms with Gasteiger partial charge in [0.15, 0.2) is 5.13 Å². The number of ether oxygens (including phenoxy) is 2. The van der Waals surface area contributed by atoms with E-state index < -0.39 is 11.7 Å². The fraction of sp³-hybridized carbons (Fsp3) is 0.333. The van der Waals surface area contributed by atoms with Crippen LogP contribution in [0.2, 0.25) is 0 Å². The van der Waals surface area contributed by atoms with Gasteiger partial charge in [0.1, 0.15) is 11.4 Å². The van der Waals surface area contributed by atoms with E-state index in [-0.39, 0.29) is 0 Å². The molecule has 0 spiro atoms. The monoisotopic (exact) mass is 321 g/mol. The Morgan fingerprint density at radius 2 is 2.09 bits per heavy atom. The van der Waals surface area contributed by atoms with Gasteiger partial charge in [-0.2, -0.15) is 0 Å². The van der Waals surface area contributed by atoms with E-state index in [1.54, 1.807) is 25.3 Å². The van der Waals surface area contributed by atoms with E-state index in [2.05, 4.69) is 10.3 Å². The van der Waals surface area contributed by atoms with E-state index >= 15 is 0 Å². The number of hydrogen-bond acceptors (Lipinski definition) is 6. The van der Waals surface area contributed by atoms with Crippen LogP contribution in [0.4, 0.5) is 15.6 Å². The van der Waals surface area contributed by atoms with Crippen LogP contribution in [-0.4, -0.2) is 23.8 Å². The molecule has 0 aliphatic rings. The summed E-state index contributed by atoms with van der Waals surface area (Å²) in [5.74, 6) is 0.663. The van der Waals surface area contributed by atoms with Crippen molar-refractivity contribution in [3.63, 3.8) is 0 Å². The number of nitrogens with two attached hydrogens (primary N) is 1. The quantitative estimate of drug-likeness (QED) is 0.899. The van der Waals surface area contributed by atoms with Crippen LogP contribution in [0.15, 0.2) is 23.6 Å². The van der Waals surface area contributed by atoms with E-state index in [1.165, 1.54) is 11.3 Å². The molecule has 0 aliphatic carbocycles. The number of thiazole rings is 1. The zero-order valence-electron chi connectivity index (χ0n) is 13.0. The van der Waals surface area contributed by atoms with Crippen molar-refractivity contribution in [1.29, 1.82) is 0 Å². The smallest absolute Gasteiger partial charge is 0.412 e. The number of methoxy groups -OCH3 is 1. The van der Waals surface area contributed by atoms with Crippen LogP contribution in [0, 0.1) is 0 Å².